The van der Waals surface area contributed by atoms with E-state index in [9.17, 15) is 20.2 Å². The van der Waals surface area contributed by atoms with Crippen molar-refractivity contribution >= 4 is 33.6 Å². The first-order valence-electron chi connectivity index (χ1n) is 10.4. The van der Waals surface area contributed by atoms with Gasteiger partial charge in [0.15, 0.2) is 0 Å². The molecule has 3 heterocycles. The first-order valence-corrected chi connectivity index (χ1v) is 11.3. The van der Waals surface area contributed by atoms with Crippen LogP contribution in [0.3, 0.4) is 0 Å². The van der Waals surface area contributed by atoms with Crippen molar-refractivity contribution in [2.24, 2.45) is 5.92 Å². The van der Waals surface area contributed by atoms with E-state index in [4.69, 9.17) is 4.42 Å². The summed E-state index contributed by atoms with van der Waals surface area (Å²) in [5, 5.41) is 24.0. The summed E-state index contributed by atoms with van der Waals surface area (Å²) in [6, 6.07) is 17.3. The van der Waals surface area contributed by atoms with Crippen LogP contribution in [0.15, 0.2) is 75.3 Å². The molecule has 10 heteroatoms. The minimum atomic E-state index is -0.493. The molecule has 168 valence electrons. The Hall–Kier alpha value is -4.17. The number of thiazole rings is 1. The number of nitriles is 1. The Bertz CT molecular complexity index is 1530. The van der Waals surface area contributed by atoms with Crippen LogP contribution in [-0.4, -0.2) is 16.5 Å². The first kappa shape index (κ1) is 21.7. The van der Waals surface area contributed by atoms with Crippen molar-refractivity contribution in [3.05, 3.63) is 97.2 Å². The number of para-hydroxylation sites is 1. The fourth-order valence-corrected chi connectivity index (χ4v) is 4.76. The molecular formula is C24H17N5O4S. The topological polar surface area (TPSA) is 134 Å². The van der Waals surface area contributed by atoms with Crippen molar-refractivity contribution in [1.82, 2.24) is 15.8 Å². The normalized spacial score (nSPS) is 18.1. The lowest BCUT2D eigenvalue weighted by Gasteiger charge is -2.16. The molecule has 0 amide bonds. The molecule has 2 aromatic carbocycles. The van der Waals surface area contributed by atoms with E-state index >= 15 is 0 Å². The molecule has 0 aliphatic carbocycles. The molecule has 0 bridgehead atoms. The van der Waals surface area contributed by atoms with Crippen LogP contribution in [0.2, 0.25) is 0 Å². The lowest BCUT2D eigenvalue weighted by Crippen LogP contribution is -2.24. The number of nitro benzene ring substituents is 1. The number of hydrazine groups is 1. The van der Waals surface area contributed by atoms with Crippen LogP contribution in [0.25, 0.3) is 27.8 Å². The Labute approximate surface area is 197 Å². The second kappa shape index (κ2) is 8.99. The van der Waals surface area contributed by atoms with Gasteiger partial charge in [0.05, 0.1) is 27.8 Å². The first-order chi connectivity index (χ1) is 16.5. The third-order valence-corrected chi connectivity index (χ3v) is 6.49. The Balaban J connectivity index is 1.46. The van der Waals surface area contributed by atoms with Crippen molar-refractivity contribution in [2.75, 3.05) is 6.54 Å². The van der Waals surface area contributed by atoms with E-state index in [-0.39, 0.29) is 17.6 Å². The molecule has 4 aromatic rings. The smallest absolute Gasteiger partial charge is 0.345 e. The Morgan fingerprint density at radius 2 is 2.12 bits per heavy atom. The molecule has 2 N–H and O–H groups in total. The molecule has 1 aliphatic heterocycles. The number of fused-ring (bicyclic) bond motifs is 1. The van der Waals surface area contributed by atoms with Crippen molar-refractivity contribution < 1.29 is 9.34 Å². The number of nitrogens with zero attached hydrogens (tertiary/aromatic N) is 3. The van der Waals surface area contributed by atoms with Gasteiger partial charge < -0.3 is 4.42 Å². The lowest BCUT2D eigenvalue weighted by atomic mass is 9.93. The predicted octanol–water partition coefficient (Wildman–Crippen LogP) is 4.20. The van der Waals surface area contributed by atoms with Gasteiger partial charge >= 0.3 is 5.63 Å². The Morgan fingerprint density at radius 1 is 1.26 bits per heavy atom. The van der Waals surface area contributed by atoms with Crippen LogP contribution in [0.4, 0.5) is 5.69 Å². The number of nitrogens with one attached hydrogen (secondary N) is 2. The van der Waals surface area contributed by atoms with Crippen LogP contribution in [0, 0.1) is 27.4 Å². The summed E-state index contributed by atoms with van der Waals surface area (Å²) >= 11 is 1.27. The van der Waals surface area contributed by atoms with Gasteiger partial charge in [-0.15, -0.1) is 11.3 Å². The van der Waals surface area contributed by atoms with E-state index in [1.165, 1.54) is 23.5 Å². The van der Waals surface area contributed by atoms with Gasteiger partial charge in [0.1, 0.15) is 16.7 Å². The zero-order valence-electron chi connectivity index (χ0n) is 17.6. The van der Waals surface area contributed by atoms with Crippen molar-refractivity contribution in [3.63, 3.8) is 0 Å². The molecule has 1 aliphatic rings. The number of benzene rings is 2. The number of rotatable bonds is 5. The van der Waals surface area contributed by atoms with Gasteiger partial charge in [-0.3, -0.25) is 15.5 Å². The van der Waals surface area contributed by atoms with E-state index in [0.29, 0.717) is 34.0 Å². The maximum atomic E-state index is 12.5. The van der Waals surface area contributed by atoms with Gasteiger partial charge in [-0.05, 0) is 17.7 Å². The van der Waals surface area contributed by atoms with Crippen LogP contribution in [-0.2, 0) is 0 Å². The molecule has 0 saturated carbocycles. The van der Waals surface area contributed by atoms with Crippen molar-refractivity contribution in [3.8, 4) is 17.3 Å². The van der Waals surface area contributed by atoms with Crippen LogP contribution in [0.1, 0.15) is 16.6 Å². The number of aromatic nitrogens is 1. The number of allylic oxidation sites excluding steroid dienone is 1. The van der Waals surface area contributed by atoms with E-state index in [1.54, 1.807) is 29.6 Å². The third kappa shape index (κ3) is 4.11. The molecule has 9 nitrogen and oxygen atoms in total. The van der Waals surface area contributed by atoms with Crippen molar-refractivity contribution in [2.45, 2.75) is 6.04 Å². The highest BCUT2D eigenvalue weighted by Gasteiger charge is 2.28. The average molecular weight is 471 g/mol. The summed E-state index contributed by atoms with van der Waals surface area (Å²) in [6.07, 6.45) is 1.81. The zero-order valence-corrected chi connectivity index (χ0v) is 18.4. The van der Waals surface area contributed by atoms with Gasteiger partial charge in [-0.25, -0.2) is 15.2 Å². The predicted molar refractivity (Wildman–Crippen MR) is 128 cm³/mol. The number of non-ortho nitro benzene ring substituents is 1. The van der Waals surface area contributed by atoms with E-state index in [1.807, 2.05) is 24.3 Å². The highest BCUT2D eigenvalue weighted by Crippen LogP contribution is 2.32. The monoisotopic (exact) mass is 471 g/mol. The van der Waals surface area contributed by atoms with Gasteiger partial charge in [-0.2, -0.15) is 5.26 Å². The average Bonchev–Trinajstić information content (AvgIpc) is 3.52. The molecule has 0 radical (unpaired) electrons. The van der Waals surface area contributed by atoms with Gasteiger partial charge in [-0.1, -0.05) is 36.4 Å². The number of hydrogen-bond donors (Lipinski definition) is 2. The van der Waals surface area contributed by atoms with E-state index in [2.05, 4.69) is 21.9 Å². The summed E-state index contributed by atoms with van der Waals surface area (Å²) < 4.78 is 5.41. The van der Waals surface area contributed by atoms with Crippen LogP contribution < -0.4 is 16.5 Å². The highest BCUT2D eigenvalue weighted by atomic mass is 32.1. The van der Waals surface area contributed by atoms with Gasteiger partial charge in [0.2, 0.25) is 0 Å². The van der Waals surface area contributed by atoms with E-state index < -0.39 is 10.5 Å². The molecule has 5 rings (SSSR count). The zero-order chi connectivity index (χ0) is 23.7. The summed E-state index contributed by atoms with van der Waals surface area (Å²) in [5.74, 6) is -0.144. The summed E-state index contributed by atoms with van der Waals surface area (Å²) in [6.45, 7) is 0.533. The number of hydrogen-bond acceptors (Lipinski definition) is 9. The lowest BCUT2D eigenvalue weighted by molar-refractivity contribution is -0.384. The van der Waals surface area contributed by atoms with Crippen molar-refractivity contribution in [1.29, 1.82) is 5.26 Å². The fraction of sp³-hybridized carbons (Fsp3) is 0.125. The molecular weight excluding hydrogens is 454 g/mol. The minimum absolute atomic E-state index is 0.00761. The third-order valence-electron chi connectivity index (χ3n) is 5.62. The second-order valence-corrected chi connectivity index (χ2v) is 8.59. The maximum absolute atomic E-state index is 12.5. The second-order valence-electron chi connectivity index (χ2n) is 7.73. The molecule has 1 fully saturated rings. The molecule has 2 aromatic heterocycles. The molecule has 2 atom stereocenters. The Kier molecular flexibility index (Phi) is 5.73. The quantitative estimate of drug-likeness (QED) is 0.191. The molecule has 34 heavy (non-hydrogen) atoms. The summed E-state index contributed by atoms with van der Waals surface area (Å²) in [4.78, 5) is 27.7. The molecule has 1 saturated heterocycles. The standard InChI is InChI=1S/C24H17N5O4S/c25-11-16(8-17-12-26-28-22(17)15-5-3-6-18(9-15)29(31)32)23-27-20(13-34-23)19-10-14-4-1-2-7-21(14)33-24(19)30/h1-10,13,17,22,26,28H,12H2/b16-8+. The summed E-state index contributed by atoms with van der Waals surface area (Å²) in [5.41, 5.74) is 8.09. The van der Waals surface area contributed by atoms with Crippen LogP contribution >= 0.6 is 11.3 Å². The fourth-order valence-electron chi connectivity index (χ4n) is 3.96. The van der Waals surface area contributed by atoms with Crippen LogP contribution in [0.5, 0.6) is 0 Å². The maximum Gasteiger partial charge on any atom is 0.345 e. The number of nitro groups is 1. The Morgan fingerprint density at radius 3 is 2.94 bits per heavy atom. The van der Waals surface area contributed by atoms with E-state index in [0.717, 1.165) is 10.9 Å². The van der Waals surface area contributed by atoms with Gasteiger partial charge in [0.25, 0.3) is 5.69 Å². The molecule has 2 unspecified atom stereocenters. The minimum Gasteiger partial charge on any atom is -0.422 e. The molecule has 0 spiro atoms. The largest absolute Gasteiger partial charge is 0.422 e. The highest BCUT2D eigenvalue weighted by molar-refractivity contribution is 7.11. The van der Waals surface area contributed by atoms with Gasteiger partial charge in [0, 0.05) is 35.4 Å². The SMILES string of the molecule is N#C/C(=C\C1CNNC1c1cccc([N+](=O)[O-])c1)c1nc(-c2cc3ccccc3oc2=O)cs1. The summed E-state index contributed by atoms with van der Waals surface area (Å²) in [7, 11) is 0.